The Bertz CT molecular complexity index is 448. The lowest BCUT2D eigenvalue weighted by Gasteiger charge is -2.19. The van der Waals surface area contributed by atoms with Crippen molar-refractivity contribution in [2.75, 3.05) is 13.7 Å². The molecule has 0 fully saturated rings. The molecule has 104 valence electrons. The van der Waals surface area contributed by atoms with E-state index < -0.39 is 12.0 Å². The van der Waals surface area contributed by atoms with E-state index >= 15 is 0 Å². The smallest absolute Gasteiger partial charge is 0.333 e. The number of halogens is 1. The van der Waals surface area contributed by atoms with Crippen LogP contribution in [-0.4, -0.2) is 25.5 Å². The molecule has 2 atom stereocenters. The predicted octanol–water partition coefficient (Wildman–Crippen LogP) is 1.27. The molecule has 1 rings (SSSR count). The lowest BCUT2D eigenvalue weighted by molar-refractivity contribution is -0.145. The topological polar surface area (TPSA) is 81.4 Å². The zero-order chi connectivity index (χ0) is 14.4. The Morgan fingerprint density at radius 1 is 1.37 bits per heavy atom. The lowest BCUT2D eigenvalue weighted by Crippen LogP contribution is -2.39. The van der Waals surface area contributed by atoms with Gasteiger partial charge in [-0.15, -0.1) is 0 Å². The van der Waals surface area contributed by atoms with E-state index in [0.29, 0.717) is 10.6 Å². The van der Waals surface area contributed by atoms with Crippen LogP contribution in [0.15, 0.2) is 24.3 Å². The SMILES string of the molecule is COC(=O)C(NC(=O)C(C)CN)c1ccc(Cl)cc1. The van der Waals surface area contributed by atoms with E-state index in [1.807, 2.05) is 0 Å². The van der Waals surface area contributed by atoms with Gasteiger partial charge in [0, 0.05) is 17.5 Å². The summed E-state index contributed by atoms with van der Waals surface area (Å²) in [5.41, 5.74) is 6.03. The van der Waals surface area contributed by atoms with Crippen LogP contribution in [0.25, 0.3) is 0 Å². The highest BCUT2D eigenvalue weighted by molar-refractivity contribution is 6.30. The maximum absolute atomic E-state index is 11.8. The number of hydrogen-bond acceptors (Lipinski definition) is 4. The molecule has 3 N–H and O–H groups in total. The number of benzene rings is 1. The summed E-state index contributed by atoms with van der Waals surface area (Å²) in [4.78, 5) is 23.6. The average Bonchev–Trinajstić information content (AvgIpc) is 2.43. The maximum Gasteiger partial charge on any atom is 0.333 e. The number of rotatable bonds is 5. The largest absolute Gasteiger partial charge is 0.467 e. The highest BCUT2D eigenvalue weighted by Crippen LogP contribution is 2.18. The van der Waals surface area contributed by atoms with Crippen molar-refractivity contribution >= 4 is 23.5 Å². The van der Waals surface area contributed by atoms with Gasteiger partial charge >= 0.3 is 5.97 Å². The van der Waals surface area contributed by atoms with Crippen molar-refractivity contribution in [2.45, 2.75) is 13.0 Å². The molecule has 0 heterocycles. The van der Waals surface area contributed by atoms with Crippen molar-refractivity contribution in [3.8, 4) is 0 Å². The lowest BCUT2D eigenvalue weighted by atomic mass is 10.1. The van der Waals surface area contributed by atoms with E-state index in [4.69, 9.17) is 22.1 Å². The van der Waals surface area contributed by atoms with Crippen molar-refractivity contribution < 1.29 is 14.3 Å². The summed E-state index contributed by atoms with van der Waals surface area (Å²) in [7, 11) is 1.27. The van der Waals surface area contributed by atoms with Crippen molar-refractivity contribution in [3.05, 3.63) is 34.9 Å². The van der Waals surface area contributed by atoms with E-state index in [-0.39, 0.29) is 18.4 Å². The molecule has 0 aliphatic carbocycles. The summed E-state index contributed by atoms with van der Waals surface area (Å²) in [5, 5.41) is 3.17. The van der Waals surface area contributed by atoms with Crippen LogP contribution in [0.4, 0.5) is 0 Å². The number of ether oxygens (including phenoxy) is 1. The fourth-order valence-corrected chi connectivity index (χ4v) is 1.57. The molecule has 1 aromatic rings. The zero-order valence-electron chi connectivity index (χ0n) is 10.9. The van der Waals surface area contributed by atoms with Gasteiger partial charge in [0.05, 0.1) is 7.11 Å². The van der Waals surface area contributed by atoms with Crippen LogP contribution in [0.5, 0.6) is 0 Å². The van der Waals surface area contributed by atoms with Crippen LogP contribution in [0.2, 0.25) is 5.02 Å². The normalized spacial score (nSPS) is 13.5. The predicted molar refractivity (Wildman–Crippen MR) is 72.6 cm³/mol. The van der Waals surface area contributed by atoms with Crippen LogP contribution >= 0.6 is 11.6 Å². The third kappa shape index (κ3) is 4.22. The molecule has 19 heavy (non-hydrogen) atoms. The second-order valence-electron chi connectivity index (χ2n) is 4.15. The van der Waals surface area contributed by atoms with Crippen molar-refractivity contribution in [1.82, 2.24) is 5.32 Å². The Kier molecular flexibility index (Phi) is 5.79. The molecule has 0 aliphatic heterocycles. The Labute approximate surface area is 117 Å². The average molecular weight is 285 g/mol. The van der Waals surface area contributed by atoms with Gasteiger partial charge in [0.1, 0.15) is 0 Å². The summed E-state index contributed by atoms with van der Waals surface area (Å²) in [6.45, 7) is 1.89. The van der Waals surface area contributed by atoms with Crippen LogP contribution < -0.4 is 11.1 Å². The molecule has 0 bridgehead atoms. The van der Waals surface area contributed by atoms with E-state index in [9.17, 15) is 9.59 Å². The first-order valence-corrected chi connectivity index (χ1v) is 6.21. The Morgan fingerprint density at radius 2 is 1.95 bits per heavy atom. The number of esters is 1. The number of amides is 1. The molecule has 0 aliphatic rings. The summed E-state index contributed by atoms with van der Waals surface area (Å²) < 4.78 is 4.69. The summed E-state index contributed by atoms with van der Waals surface area (Å²) >= 11 is 5.79. The molecule has 5 nitrogen and oxygen atoms in total. The number of methoxy groups -OCH3 is 1. The van der Waals surface area contributed by atoms with Crippen LogP contribution in [0.1, 0.15) is 18.5 Å². The minimum absolute atomic E-state index is 0.209. The van der Waals surface area contributed by atoms with Gasteiger partial charge in [0.15, 0.2) is 6.04 Å². The number of hydrogen-bond donors (Lipinski definition) is 2. The summed E-state index contributed by atoms with van der Waals surface area (Å²) in [6, 6.07) is 5.76. The molecule has 6 heteroatoms. The van der Waals surface area contributed by atoms with Crippen molar-refractivity contribution in [2.24, 2.45) is 11.7 Å². The monoisotopic (exact) mass is 284 g/mol. The first-order valence-electron chi connectivity index (χ1n) is 5.83. The molecule has 1 aromatic carbocycles. The molecule has 0 saturated heterocycles. The Hall–Kier alpha value is -1.59. The summed E-state index contributed by atoms with van der Waals surface area (Å²) in [6.07, 6.45) is 0. The quantitative estimate of drug-likeness (QED) is 0.798. The van der Waals surface area contributed by atoms with Gasteiger partial charge in [-0.05, 0) is 17.7 Å². The van der Waals surface area contributed by atoms with Gasteiger partial charge in [-0.25, -0.2) is 4.79 Å². The van der Waals surface area contributed by atoms with Crippen molar-refractivity contribution in [3.63, 3.8) is 0 Å². The summed E-state index contributed by atoms with van der Waals surface area (Å²) in [5.74, 6) is -1.22. The third-order valence-electron chi connectivity index (χ3n) is 2.73. The fourth-order valence-electron chi connectivity index (χ4n) is 1.44. The van der Waals surface area contributed by atoms with Crippen LogP contribution in [0, 0.1) is 5.92 Å². The van der Waals surface area contributed by atoms with Crippen LogP contribution in [0.3, 0.4) is 0 Å². The molecular weight excluding hydrogens is 268 g/mol. The number of nitrogens with two attached hydrogens (primary N) is 1. The Morgan fingerprint density at radius 3 is 2.42 bits per heavy atom. The van der Waals surface area contributed by atoms with E-state index in [0.717, 1.165) is 0 Å². The minimum atomic E-state index is -0.858. The first kappa shape index (κ1) is 15.5. The second-order valence-corrected chi connectivity index (χ2v) is 4.59. The molecule has 0 radical (unpaired) electrons. The molecule has 0 saturated carbocycles. The van der Waals surface area contributed by atoms with Gasteiger partial charge in [0.25, 0.3) is 0 Å². The molecule has 1 amide bonds. The minimum Gasteiger partial charge on any atom is -0.467 e. The van der Waals surface area contributed by atoms with Gasteiger partial charge in [-0.2, -0.15) is 0 Å². The molecular formula is C13H17ClN2O3. The van der Waals surface area contributed by atoms with Gasteiger partial charge in [-0.1, -0.05) is 30.7 Å². The van der Waals surface area contributed by atoms with E-state index in [1.165, 1.54) is 7.11 Å². The van der Waals surface area contributed by atoms with Gasteiger partial charge < -0.3 is 15.8 Å². The van der Waals surface area contributed by atoms with E-state index in [1.54, 1.807) is 31.2 Å². The second kappa shape index (κ2) is 7.11. The van der Waals surface area contributed by atoms with Crippen LogP contribution in [-0.2, 0) is 14.3 Å². The van der Waals surface area contributed by atoms with Gasteiger partial charge in [-0.3, -0.25) is 4.79 Å². The fraction of sp³-hybridized carbons (Fsp3) is 0.385. The highest BCUT2D eigenvalue weighted by atomic mass is 35.5. The Balaban J connectivity index is 2.92. The molecule has 0 spiro atoms. The molecule has 0 aromatic heterocycles. The number of carbonyl (C=O) groups is 2. The highest BCUT2D eigenvalue weighted by Gasteiger charge is 2.25. The number of nitrogens with one attached hydrogen (secondary N) is 1. The van der Waals surface area contributed by atoms with Gasteiger partial charge in [0.2, 0.25) is 5.91 Å². The standard InChI is InChI=1S/C13H17ClN2O3/c1-8(7-15)12(17)16-11(13(18)19-2)9-3-5-10(14)6-4-9/h3-6,8,11H,7,15H2,1-2H3,(H,16,17). The number of carbonyl (C=O) groups excluding carboxylic acids is 2. The van der Waals surface area contributed by atoms with Crippen molar-refractivity contribution in [1.29, 1.82) is 0 Å². The first-order chi connectivity index (χ1) is 8.99. The molecule has 2 unspecified atom stereocenters. The van der Waals surface area contributed by atoms with E-state index in [2.05, 4.69) is 5.32 Å². The third-order valence-corrected chi connectivity index (χ3v) is 2.98. The maximum atomic E-state index is 11.8. The zero-order valence-corrected chi connectivity index (χ0v) is 11.6.